The highest BCUT2D eigenvalue weighted by molar-refractivity contribution is 5.93. The van der Waals surface area contributed by atoms with Gasteiger partial charge in [0, 0.05) is 19.7 Å². The summed E-state index contributed by atoms with van der Waals surface area (Å²) >= 11 is 0. The first-order valence-corrected chi connectivity index (χ1v) is 6.40. The van der Waals surface area contributed by atoms with Gasteiger partial charge >= 0.3 is 5.97 Å². The van der Waals surface area contributed by atoms with Crippen LogP contribution in [0.3, 0.4) is 0 Å². The maximum atomic E-state index is 12.1. The van der Waals surface area contributed by atoms with Crippen molar-refractivity contribution in [2.75, 3.05) is 20.7 Å². The summed E-state index contributed by atoms with van der Waals surface area (Å²) in [5, 5.41) is 4.02. The third kappa shape index (κ3) is 4.18. The fraction of sp³-hybridized carbons (Fsp3) is 0.538. The molecule has 0 saturated carbocycles. The molecule has 0 fully saturated rings. The standard InChI is InChI=1S/C13H19N3O4/c1-4-5-8-16-11(17)7-6-10(14-16)13(19)15(2)9-12(18)20-3/h6-7H,4-5,8-9H2,1-3H3. The minimum atomic E-state index is -0.514. The molecule has 1 aromatic heterocycles. The van der Waals surface area contributed by atoms with Gasteiger partial charge in [0.1, 0.15) is 12.2 Å². The Kier molecular flexibility index (Phi) is 5.89. The fourth-order valence-electron chi connectivity index (χ4n) is 1.56. The number of hydrogen-bond donors (Lipinski definition) is 0. The number of aryl methyl sites for hydroxylation is 1. The molecule has 20 heavy (non-hydrogen) atoms. The summed E-state index contributed by atoms with van der Waals surface area (Å²) in [5.74, 6) is -0.944. The molecule has 7 heteroatoms. The number of likely N-dealkylation sites (N-methyl/N-ethyl adjacent to an activating group) is 1. The van der Waals surface area contributed by atoms with Gasteiger partial charge in [-0.3, -0.25) is 14.4 Å². The average Bonchev–Trinajstić information content (AvgIpc) is 2.45. The zero-order chi connectivity index (χ0) is 15.1. The second-order valence-electron chi connectivity index (χ2n) is 4.37. The molecule has 0 aromatic carbocycles. The SMILES string of the molecule is CCCCn1nc(C(=O)N(C)CC(=O)OC)ccc1=O. The smallest absolute Gasteiger partial charge is 0.325 e. The van der Waals surface area contributed by atoms with Crippen molar-refractivity contribution in [3.63, 3.8) is 0 Å². The van der Waals surface area contributed by atoms with Gasteiger partial charge in [0.2, 0.25) is 0 Å². The maximum Gasteiger partial charge on any atom is 0.325 e. The van der Waals surface area contributed by atoms with Crippen LogP contribution in [0.25, 0.3) is 0 Å². The number of amides is 1. The van der Waals surface area contributed by atoms with E-state index in [2.05, 4.69) is 9.84 Å². The molecule has 1 aromatic rings. The second-order valence-corrected chi connectivity index (χ2v) is 4.37. The van der Waals surface area contributed by atoms with Crippen LogP contribution in [-0.2, 0) is 16.1 Å². The Morgan fingerprint density at radius 1 is 1.40 bits per heavy atom. The third-order valence-corrected chi connectivity index (χ3v) is 2.75. The normalized spacial score (nSPS) is 10.2. The highest BCUT2D eigenvalue weighted by Crippen LogP contribution is 1.99. The largest absolute Gasteiger partial charge is 0.468 e. The molecule has 1 rings (SSSR count). The molecule has 0 radical (unpaired) electrons. The molecule has 0 spiro atoms. The van der Waals surface area contributed by atoms with Gasteiger partial charge in [-0.05, 0) is 12.5 Å². The van der Waals surface area contributed by atoms with Crippen molar-refractivity contribution in [2.24, 2.45) is 0 Å². The molecule has 0 N–H and O–H groups in total. The van der Waals surface area contributed by atoms with Crippen molar-refractivity contribution in [2.45, 2.75) is 26.3 Å². The van der Waals surface area contributed by atoms with Crippen LogP contribution >= 0.6 is 0 Å². The van der Waals surface area contributed by atoms with Crippen LogP contribution in [0.4, 0.5) is 0 Å². The number of ether oxygens (including phenoxy) is 1. The van der Waals surface area contributed by atoms with E-state index in [0.717, 1.165) is 12.8 Å². The summed E-state index contributed by atoms with van der Waals surface area (Å²) in [6.45, 7) is 2.31. The molecule has 0 aliphatic rings. The first-order valence-electron chi connectivity index (χ1n) is 6.40. The zero-order valence-electron chi connectivity index (χ0n) is 12.0. The molecule has 1 amide bonds. The van der Waals surface area contributed by atoms with Crippen LogP contribution in [0.15, 0.2) is 16.9 Å². The maximum absolute atomic E-state index is 12.1. The van der Waals surface area contributed by atoms with Gasteiger partial charge in [0.25, 0.3) is 11.5 Å². The summed E-state index contributed by atoms with van der Waals surface area (Å²) < 4.78 is 5.76. The van der Waals surface area contributed by atoms with Crippen LogP contribution in [0, 0.1) is 0 Å². The van der Waals surface area contributed by atoms with Crippen molar-refractivity contribution in [1.29, 1.82) is 0 Å². The van der Waals surface area contributed by atoms with Crippen molar-refractivity contribution < 1.29 is 14.3 Å². The van der Waals surface area contributed by atoms with Crippen LogP contribution in [0.5, 0.6) is 0 Å². The van der Waals surface area contributed by atoms with E-state index in [1.165, 1.54) is 35.9 Å². The Morgan fingerprint density at radius 3 is 2.70 bits per heavy atom. The minimum Gasteiger partial charge on any atom is -0.468 e. The quantitative estimate of drug-likeness (QED) is 0.700. The molecule has 0 atom stereocenters. The van der Waals surface area contributed by atoms with Gasteiger partial charge in [0.15, 0.2) is 0 Å². The number of aromatic nitrogens is 2. The van der Waals surface area contributed by atoms with Crippen molar-refractivity contribution in [1.82, 2.24) is 14.7 Å². The van der Waals surface area contributed by atoms with Crippen LogP contribution in [0.2, 0.25) is 0 Å². The predicted molar refractivity (Wildman–Crippen MR) is 72.4 cm³/mol. The molecule has 0 aliphatic carbocycles. The number of carbonyl (C=O) groups excluding carboxylic acids is 2. The van der Waals surface area contributed by atoms with Gasteiger partial charge in [-0.15, -0.1) is 0 Å². The Balaban J connectivity index is 2.87. The monoisotopic (exact) mass is 281 g/mol. The molecule has 0 saturated heterocycles. The molecule has 0 aliphatic heterocycles. The van der Waals surface area contributed by atoms with Crippen molar-refractivity contribution in [3.05, 3.63) is 28.2 Å². The van der Waals surface area contributed by atoms with Crippen molar-refractivity contribution >= 4 is 11.9 Å². The lowest BCUT2D eigenvalue weighted by Crippen LogP contribution is -2.35. The Bertz CT molecular complexity index is 539. The first-order chi connectivity index (χ1) is 9.49. The average molecular weight is 281 g/mol. The van der Waals surface area contributed by atoms with Crippen LogP contribution in [0.1, 0.15) is 30.3 Å². The minimum absolute atomic E-state index is 0.132. The van der Waals surface area contributed by atoms with E-state index in [1.54, 1.807) is 0 Å². The molecule has 7 nitrogen and oxygen atoms in total. The number of methoxy groups -OCH3 is 1. The molecular weight excluding hydrogens is 262 g/mol. The second kappa shape index (κ2) is 7.42. The van der Waals surface area contributed by atoms with Gasteiger partial charge in [0.05, 0.1) is 7.11 Å². The summed E-state index contributed by atoms with van der Waals surface area (Å²) in [7, 11) is 2.73. The summed E-state index contributed by atoms with van der Waals surface area (Å²) in [6.07, 6.45) is 1.73. The zero-order valence-corrected chi connectivity index (χ0v) is 12.0. The summed E-state index contributed by atoms with van der Waals surface area (Å²) in [6, 6.07) is 2.67. The summed E-state index contributed by atoms with van der Waals surface area (Å²) in [5.41, 5.74) is -0.113. The van der Waals surface area contributed by atoms with E-state index >= 15 is 0 Å². The lowest BCUT2D eigenvalue weighted by molar-refractivity contribution is -0.141. The molecule has 0 bridgehead atoms. The van der Waals surface area contributed by atoms with Crippen LogP contribution < -0.4 is 5.56 Å². The highest BCUT2D eigenvalue weighted by atomic mass is 16.5. The highest BCUT2D eigenvalue weighted by Gasteiger charge is 2.17. The molecule has 110 valence electrons. The van der Waals surface area contributed by atoms with Crippen LogP contribution in [-0.4, -0.2) is 47.3 Å². The number of rotatable bonds is 6. The third-order valence-electron chi connectivity index (χ3n) is 2.75. The Labute approximate surface area is 117 Å². The summed E-state index contributed by atoms with van der Waals surface area (Å²) in [4.78, 5) is 36.0. The molecular formula is C13H19N3O4. The number of nitrogens with zero attached hydrogens (tertiary/aromatic N) is 3. The van der Waals surface area contributed by atoms with E-state index in [0.29, 0.717) is 6.54 Å². The van der Waals surface area contributed by atoms with E-state index in [1.807, 2.05) is 6.92 Å². The van der Waals surface area contributed by atoms with Gasteiger partial charge in [-0.1, -0.05) is 13.3 Å². The van der Waals surface area contributed by atoms with Crippen molar-refractivity contribution in [3.8, 4) is 0 Å². The van der Waals surface area contributed by atoms with E-state index < -0.39 is 11.9 Å². The Morgan fingerprint density at radius 2 is 2.10 bits per heavy atom. The number of hydrogen-bond acceptors (Lipinski definition) is 5. The first kappa shape index (κ1) is 15.9. The van der Waals surface area contributed by atoms with Gasteiger partial charge < -0.3 is 9.64 Å². The molecule has 1 heterocycles. The topological polar surface area (TPSA) is 81.5 Å². The van der Waals surface area contributed by atoms with E-state index in [4.69, 9.17) is 0 Å². The lowest BCUT2D eigenvalue weighted by atomic mass is 10.3. The number of esters is 1. The Hall–Kier alpha value is -2.18. The number of unbranched alkanes of at least 4 members (excludes halogenated alkanes) is 1. The predicted octanol–water partition coefficient (Wildman–Crippen LogP) is 0.288. The van der Waals surface area contributed by atoms with E-state index in [9.17, 15) is 14.4 Å². The number of carbonyl (C=O) groups is 2. The lowest BCUT2D eigenvalue weighted by Gasteiger charge is -2.15. The molecule has 0 unspecified atom stereocenters. The van der Waals surface area contributed by atoms with E-state index in [-0.39, 0.29) is 17.8 Å². The van der Waals surface area contributed by atoms with Gasteiger partial charge in [-0.2, -0.15) is 5.10 Å². The van der Waals surface area contributed by atoms with Gasteiger partial charge in [-0.25, -0.2) is 4.68 Å². The fourth-order valence-corrected chi connectivity index (χ4v) is 1.56.